The number of nitrogens with zero attached hydrogens (tertiary/aromatic N) is 1. The van der Waals surface area contributed by atoms with Crippen molar-refractivity contribution in [3.05, 3.63) is 41.7 Å². The molecule has 230 valence electrons. The Labute approximate surface area is 239 Å². The van der Waals surface area contributed by atoms with E-state index in [1.54, 1.807) is 0 Å². The van der Waals surface area contributed by atoms with E-state index in [1.807, 2.05) is 0 Å². The van der Waals surface area contributed by atoms with Crippen molar-refractivity contribution >= 4 is 35.9 Å². The van der Waals surface area contributed by atoms with Crippen molar-refractivity contribution in [3.8, 4) is 11.5 Å². The summed E-state index contributed by atoms with van der Waals surface area (Å²) in [6.45, 7) is 0.356. The highest BCUT2D eigenvalue weighted by atomic mass is 16.6. The molecule has 0 unspecified atom stereocenters. The van der Waals surface area contributed by atoms with Crippen LogP contribution in [0.1, 0.15) is 18.9 Å². The molecular weight excluding hydrogens is 560 g/mol. The van der Waals surface area contributed by atoms with Crippen molar-refractivity contribution in [3.63, 3.8) is 0 Å². The maximum Gasteiger partial charge on any atom is 0.407 e. The number of phenols is 2. The minimum Gasteiger partial charge on any atom is -0.504 e. The number of aromatic hydroxyl groups is 2. The van der Waals surface area contributed by atoms with Crippen LogP contribution in [0.4, 0.5) is 4.79 Å². The van der Waals surface area contributed by atoms with E-state index < -0.39 is 72.6 Å². The number of hydrogen-bond donors (Lipinski definition) is 10. The zero-order valence-electron chi connectivity index (χ0n) is 22.5. The fourth-order valence-corrected chi connectivity index (χ4v) is 3.80. The summed E-state index contributed by atoms with van der Waals surface area (Å²) in [6.07, 6.45) is -2.20. The summed E-state index contributed by atoms with van der Waals surface area (Å²) in [5.74, 6) is -4.33. The van der Waals surface area contributed by atoms with Gasteiger partial charge in [-0.15, -0.1) is 0 Å². The molecule has 0 aliphatic carbocycles. The van der Waals surface area contributed by atoms with Gasteiger partial charge >= 0.3 is 12.1 Å². The standard InChI is InChI=1S/C25H34N6O11/c1-12(33)30-20-14(31-24(26)27)10-18(23(38)39)41-22(20)21(17(36)11-32)42-25(40)29-8-2-7-28-19(37)6-4-13-3-5-15(34)16(35)9-13/h3-6,9-10,14,17,20-22,32,34-36H,2,7-8,11H2,1H3,(H,28,37)(H,29,40)(H,30,33)(H,38,39)(H4,26,27,31)/b6-4+/t14-,17+,20+,21+,22+/m0/s1. The minimum absolute atomic E-state index is 0.00580. The van der Waals surface area contributed by atoms with E-state index in [-0.39, 0.29) is 31.0 Å². The smallest absolute Gasteiger partial charge is 0.407 e. The van der Waals surface area contributed by atoms with Gasteiger partial charge in [-0.05, 0) is 36.3 Å². The number of aliphatic hydroxyl groups excluding tert-OH is 2. The highest BCUT2D eigenvalue weighted by molar-refractivity contribution is 5.91. The Hall–Kier alpha value is -5.03. The second-order valence-corrected chi connectivity index (χ2v) is 8.96. The van der Waals surface area contributed by atoms with Gasteiger partial charge in [0.15, 0.2) is 29.7 Å². The fraction of sp³-hybridized carbons (Fsp3) is 0.400. The number of benzene rings is 1. The normalized spacial score (nSPS) is 19.4. The molecule has 1 aliphatic heterocycles. The van der Waals surface area contributed by atoms with Crippen molar-refractivity contribution in [1.82, 2.24) is 16.0 Å². The van der Waals surface area contributed by atoms with Crippen LogP contribution in [0.15, 0.2) is 41.1 Å². The lowest BCUT2D eigenvalue weighted by molar-refractivity contribution is -0.146. The van der Waals surface area contributed by atoms with Crippen LogP contribution in [-0.2, 0) is 23.9 Å². The molecule has 0 radical (unpaired) electrons. The number of amides is 3. The SMILES string of the molecule is CC(=O)N[C@H]1[C@H]([C@H](OC(=O)NCCCNC(=O)/C=C/c2ccc(O)c(O)c2)[C@H](O)CO)OC(C(=O)O)=C[C@@H]1N=C(N)N. The number of ether oxygens (including phenoxy) is 2. The number of aliphatic imine (C=N–C) groups is 1. The van der Waals surface area contributed by atoms with E-state index in [0.29, 0.717) is 5.56 Å². The van der Waals surface area contributed by atoms with Gasteiger partial charge in [-0.1, -0.05) is 6.07 Å². The number of nitrogens with two attached hydrogens (primary N) is 2. The molecule has 0 saturated heterocycles. The van der Waals surface area contributed by atoms with Crippen LogP contribution in [-0.4, -0.2) is 105 Å². The summed E-state index contributed by atoms with van der Waals surface area (Å²) in [5, 5.41) is 55.7. The molecule has 0 fully saturated rings. The highest BCUT2D eigenvalue weighted by Crippen LogP contribution is 2.27. The zero-order valence-corrected chi connectivity index (χ0v) is 22.5. The number of nitrogens with one attached hydrogen (secondary N) is 3. The number of carboxylic acids is 1. The molecule has 3 amide bonds. The molecule has 0 bridgehead atoms. The summed E-state index contributed by atoms with van der Waals surface area (Å²) < 4.78 is 10.7. The number of rotatable bonds is 13. The molecule has 0 spiro atoms. The molecule has 0 aromatic heterocycles. The molecule has 1 aromatic rings. The number of alkyl carbamates (subject to hydrolysis) is 1. The van der Waals surface area contributed by atoms with Gasteiger partial charge in [-0.2, -0.15) is 0 Å². The van der Waals surface area contributed by atoms with Crippen LogP contribution in [0.5, 0.6) is 11.5 Å². The third-order valence-corrected chi connectivity index (χ3v) is 5.67. The molecule has 2 rings (SSSR count). The lowest BCUT2D eigenvalue weighted by Crippen LogP contribution is -2.61. The maximum absolute atomic E-state index is 12.5. The Morgan fingerprint density at radius 2 is 1.83 bits per heavy atom. The Morgan fingerprint density at radius 3 is 2.43 bits per heavy atom. The molecule has 0 saturated carbocycles. The van der Waals surface area contributed by atoms with Crippen molar-refractivity contribution in [2.24, 2.45) is 16.5 Å². The molecular formula is C25H34N6O11. The van der Waals surface area contributed by atoms with Gasteiger partial charge in [0, 0.05) is 26.1 Å². The Bertz CT molecular complexity index is 1230. The van der Waals surface area contributed by atoms with Crippen molar-refractivity contribution in [1.29, 1.82) is 0 Å². The molecule has 1 heterocycles. The van der Waals surface area contributed by atoms with Crippen molar-refractivity contribution in [2.75, 3.05) is 19.7 Å². The second-order valence-electron chi connectivity index (χ2n) is 8.96. The van der Waals surface area contributed by atoms with Crippen LogP contribution in [0.2, 0.25) is 0 Å². The first-order valence-corrected chi connectivity index (χ1v) is 12.5. The average molecular weight is 595 g/mol. The fourth-order valence-electron chi connectivity index (χ4n) is 3.80. The van der Waals surface area contributed by atoms with E-state index in [2.05, 4.69) is 20.9 Å². The van der Waals surface area contributed by atoms with E-state index in [0.717, 1.165) is 13.0 Å². The van der Waals surface area contributed by atoms with Crippen LogP contribution in [0, 0.1) is 0 Å². The maximum atomic E-state index is 12.5. The number of guanidine groups is 1. The number of hydrogen-bond acceptors (Lipinski definition) is 11. The largest absolute Gasteiger partial charge is 0.504 e. The lowest BCUT2D eigenvalue weighted by atomic mass is 9.92. The van der Waals surface area contributed by atoms with Crippen LogP contribution >= 0.6 is 0 Å². The first-order chi connectivity index (χ1) is 19.8. The summed E-state index contributed by atoms with van der Waals surface area (Å²) in [5.41, 5.74) is 11.4. The third kappa shape index (κ3) is 10.2. The minimum atomic E-state index is -1.77. The van der Waals surface area contributed by atoms with Gasteiger partial charge in [-0.3, -0.25) is 9.59 Å². The van der Waals surface area contributed by atoms with E-state index in [1.165, 1.54) is 30.4 Å². The average Bonchev–Trinajstić information content (AvgIpc) is 2.92. The lowest BCUT2D eigenvalue weighted by Gasteiger charge is -2.39. The summed E-state index contributed by atoms with van der Waals surface area (Å²) in [4.78, 5) is 51.9. The molecule has 17 heteroatoms. The van der Waals surface area contributed by atoms with Gasteiger partial charge in [0.25, 0.3) is 0 Å². The van der Waals surface area contributed by atoms with Gasteiger partial charge in [0.1, 0.15) is 6.10 Å². The van der Waals surface area contributed by atoms with Crippen LogP contribution < -0.4 is 27.4 Å². The van der Waals surface area contributed by atoms with Crippen LogP contribution in [0.3, 0.4) is 0 Å². The molecule has 1 aromatic carbocycles. The molecule has 12 N–H and O–H groups in total. The van der Waals surface area contributed by atoms with Gasteiger partial charge in [0.05, 0.1) is 18.7 Å². The molecule has 1 aliphatic rings. The van der Waals surface area contributed by atoms with Gasteiger partial charge < -0.3 is 62.4 Å². The number of carboxylic acid groups (broad SMARTS) is 1. The number of carbonyl (C=O) groups is 4. The molecule has 5 atom stereocenters. The topological polar surface area (TPSA) is 288 Å². The highest BCUT2D eigenvalue weighted by Gasteiger charge is 2.46. The zero-order chi connectivity index (χ0) is 31.4. The third-order valence-electron chi connectivity index (χ3n) is 5.67. The first kappa shape index (κ1) is 33.2. The summed E-state index contributed by atoms with van der Waals surface area (Å²) in [7, 11) is 0. The quantitative estimate of drug-likeness (QED) is 0.0374. The molecule has 42 heavy (non-hydrogen) atoms. The number of aliphatic carboxylic acids is 1. The van der Waals surface area contributed by atoms with Gasteiger partial charge in [-0.25, -0.2) is 14.6 Å². The predicted molar refractivity (Wildman–Crippen MR) is 146 cm³/mol. The number of aliphatic hydroxyl groups is 2. The monoisotopic (exact) mass is 594 g/mol. The number of phenolic OH excluding ortho intramolecular Hbond substituents is 2. The van der Waals surface area contributed by atoms with E-state index in [4.69, 9.17) is 20.9 Å². The van der Waals surface area contributed by atoms with Gasteiger partial charge in [0.2, 0.25) is 17.6 Å². The predicted octanol–water partition coefficient (Wildman–Crippen LogP) is -2.42. The Kier molecular flexibility index (Phi) is 12.4. The number of carbonyl (C=O) groups excluding carboxylic acids is 3. The summed E-state index contributed by atoms with van der Waals surface area (Å²) >= 11 is 0. The summed E-state index contributed by atoms with van der Waals surface area (Å²) in [6, 6.07) is 1.62. The van der Waals surface area contributed by atoms with Crippen LogP contribution in [0.25, 0.3) is 6.08 Å². The van der Waals surface area contributed by atoms with E-state index in [9.17, 15) is 44.7 Å². The molecule has 17 nitrogen and oxygen atoms in total. The van der Waals surface area contributed by atoms with E-state index >= 15 is 0 Å². The Morgan fingerprint density at radius 1 is 1.14 bits per heavy atom. The Balaban J connectivity index is 2.01. The van der Waals surface area contributed by atoms with Crippen molar-refractivity contribution < 1.29 is 54.2 Å². The first-order valence-electron chi connectivity index (χ1n) is 12.5. The van der Waals surface area contributed by atoms with Crippen molar-refractivity contribution in [2.45, 2.75) is 43.7 Å². The second kappa shape index (κ2) is 15.7.